The van der Waals surface area contributed by atoms with Crippen LogP contribution >= 0.6 is 23.2 Å². The van der Waals surface area contributed by atoms with E-state index in [1.807, 2.05) is 6.07 Å². The van der Waals surface area contributed by atoms with E-state index in [0.717, 1.165) is 11.3 Å². The summed E-state index contributed by atoms with van der Waals surface area (Å²) in [6.45, 7) is 0.415. The van der Waals surface area contributed by atoms with Crippen LogP contribution in [0.1, 0.15) is 5.69 Å². The molecule has 0 aliphatic carbocycles. The summed E-state index contributed by atoms with van der Waals surface area (Å²) in [5, 5.41) is 4.09. The topological polar surface area (TPSA) is 47.0 Å². The lowest BCUT2D eigenvalue weighted by Crippen LogP contribution is -2.01. The quantitative estimate of drug-likeness (QED) is 0.936. The minimum atomic E-state index is 0.415. The first-order valence-electron chi connectivity index (χ1n) is 5.63. The van der Waals surface area contributed by atoms with Crippen molar-refractivity contribution in [2.45, 2.75) is 6.61 Å². The summed E-state index contributed by atoms with van der Waals surface area (Å²) < 4.78 is 5.10. The number of ether oxygens (including phenoxy) is 1. The van der Waals surface area contributed by atoms with E-state index < -0.39 is 0 Å². The molecule has 100 valence electrons. The zero-order valence-corrected chi connectivity index (χ0v) is 12.1. The molecule has 0 spiro atoms. The molecule has 0 aliphatic heterocycles. The third-order valence-electron chi connectivity index (χ3n) is 2.45. The van der Waals surface area contributed by atoms with Crippen LogP contribution in [0.5, 0.6) is 0 Å². The van der Waals surface area contributed by atoms with Crippen molar-refractivity contribution in [2.75, 3.05) is 19.5 Å². The predicted octanol–water partition coefficient (Wildman–Crippen LogP) is 3.64. The number of hydrogen-bond acceptors (Lipinski definition) is 4. The van der Waals surface area contributed by atoms with E-state index in [2.05, 4.69) is 15.3 Å². The smallest absolute Gasteiger partial charge is 0.161 e. The molecule has 0 unspecified atom stereocenters. The molecule has 6 heteroatoms. The van der Waals surface area contributed by atoms with Crippen LogP contribution in [0.15, 0.2) is 24.3 Å². The SMILES string of the molecule is CNc1cc(COC)nc(-c2cc(Cl)cc(Cl)c2)n1. The normalized spacial score (nSPS) is 10.5. The molecule has 0 amide bonds. The largest absolute Gasteiger partial charge is 0.378 e. The molecule has 0 atom stereocenters. The molecule has 1 aromatic carbocycles. The second-order valence-electron chi connectivity index (χ2n) is 3.91. The lowest BCUT2D eigenvalue weighted by atomic mass is 10.2. The van der Waals surface area contributed by atoms with Crippen molar-refractivity contribution < 1.29 is 4.74 Å². The Labute approximate surface area is 121 Å². The van der Waals surface area contributed by atoms with Crippen molar-refractivity contribution in [3.63, 3.8) is 0 Å². The number of rotatable bonds is 4. The van der Waals surface area contributed by atoms with Gasteiger partial charge in [-0.1, -0.05) is 23.2 Å². The molecule has 0 aliphatic rings. The van der Waals surface area contributed by atoms with E-state index in [9.17, 15) is 0 Å². The third-order valence-corrected chi connectivity index (χ3v) is 2.88. The van der Waals surface area contributed by atoms with Crippen LogP contribution in [-0.4, -0.2) is 24.1 Å². The lowest BCUT2D eigenvalue weighted by molar-refractivity contribution is 0.181. The maximum absolute atomic E-state index is 5.99. The predicted molar refractivity (Wildman–Crippen MR) is 77.7 cm³/mol. The number of anilines is 1. The highest BCUT2D eigenvalue weighted by atomic mass is 35.5. The summed E-state index contributed by atoms with van der Waals surface area (Å²) in [5.41, 5.74) is 1.56. The van der Waals surface area contributed by atoms with Gasteiger partial charge in [-0.05, 0) is 18.2 Å². The highest BCUT2D eigenvalue weighted by Crippen LogP contribution is 2.26. The number of nitrogens with zero attached hydrogens (tertiary/aromatic N) is 2. The number of halogens is 2. The Morgan fingerprint density at radius 1 is 1.11 bits per heavy atom. The van der Waals surface area contributed by atoms with E-state index in [1.165, 1.54) is 0 Å². The average Bonchev–Trinajstić information content (AvgIpc) is 2.37. The molecule has 0 saturated carbocycles. The second-order valence-corrected chi connectivity index (χ2v) is 4.78. The molecule has 1 aromatic heterocycles. The molecular formula is C13H13Cl2N3O. The minimum absolute atomic E-state index is 0.415. The fourth-order valence-corrected chi connectivity index (χ4v) is 2.19. The first kappa shape index (κ1) is 14.1. The first-order valence-corrected chi connectivity index (χ1v) is 6.39. The fraction of sp³-hybridized carbons (Fsp3) is 0.231. The Kier molecular flexibility index (Phi) is 4.58. The Morgan fingerprint density at radius 2 is 1.79 bits per heavy atom. The first-order chi connectivity index (χ1) is 9.12. The number of aromatic nitrogens is 2. The van der Waals surface area contributed by atoms with Gasteiger partial charge in [0.15, 0.2) is 5.82 Å². The molecule has 1 heterocycles. The van der Waals surface area contributed by atoms with Gasteiger partial charge in [-0.2, -0.15) is 0 Å². The number of nitrogens with one attached hydrogen (secondary N) is 1. The molecule has 2 aromatic rings. The standard InChI is InChI=1S/C13H13Cl2N3O/c1-16-12-6-11(7-19-2)17-13(18-12)8-3-9(14)5-10(15)4-8/h3-6H,7H2,1-2H3,(H,16,17,18). The van der Waals surface area contributed by atoms with Gasteiger partial charge in [0.25, 0.3) is 0 Å². The van der Waals surface area contributed by atoms with Crippen molar-refractivity contribution in [3.8, 4) is 11.4 Å². The maximum Gasteiger partial charge on any atom is 0.161 e. The summed E-state index contributed by atoms with van der Waals surface area (Å²) in [7, 11) is 3.42. The molecule has 0 fully saturated rings. The van der Waals surface area contributed by atoms with Gasteiger partial charge in [0.05, 0.1) is 12.3 Å². The monoisotopic (exact) mass is 297 g/mol. The van der Waals surface area contributed by atoms with E-state index >= 15 is 0 Å². The number of benzene rings is 1. The van der Waals surface area contributed by atoms with E-state index in [0.29, 0.717) is 28.3 Å². The summed E-state index contributed by atoms with van der Waals surface area (Å²) in [6.07, 6.45) is 0. The van der Waals surface area contributed by atoms with Gasteiger partial charge in [-0.25, -0.2) is 9.97 Å². The minimum Gasteiger partial charge on any atom is -0.378 e. The molecular weight excluding hydrogens is 285 g/mol. The van der Waals surface area contributed by atoms with Crippen LogP contribution < -0.4 is 5.32 Å². The molecule has 0 bridgehead atoms. The molecule has 4 nitrogen and oxygen atoms in total. The van der Waals surface area contributed by atoms with E-state index in [-0.39, 0.29) is 0 Å². The van der Waals surface area contributed by atoms with Crippen molar-refractivity contribution in [2.24, 2.45) is 0 Å². The second kappa shape index (κ2) is 6.19. The maximum atomic E-state index is 5.99. The highest BCUT2D eigenvalue weighted by Gasteiger charge is 2.08. The Bertz CT molecular complexity index is 570. The number of methoxy groups -OCH3 is 1. The Morgan fingerprint density at radius 3 is 2.37 bits per heavy atom. The Hall–Kier alpha value is -1.36. The molecule has 19 heavy (non-hydrogen) atoms. The summed E-state index contributed by atoms with van der Waals surface area (Å²) in [5.74, 6) is 1.27. The summed E-state index contributed by atoms with van der Waals surface area (Å²) in [4.78, 5) is 8.82. The Balaban J connectivity index is 2.50. The third kappa shape index (κ3) is 3.56. The van der Waals surface area contributed by atoms with Crippen LogP contribution in [0.3, 0.4) is 0 Å². The molecule has 0 saturated heterocycles. The van der Waals surface area contributed by atoms with Crippen molar-refractivity contribution in [1.29, 1.82) is 0 Å². The zero-order valence-electron chi connectivity index (χ0n) is 10.6. The average molecular weight is 298 g/mol. The summed E-state index contributed by atoms with van der Waals surface area (Å²) in [6, 6.07) is 7.06. The van der Waals surface area contributed by atoms with Gasteiger partial charge in [-0.3, -0.25) is 0 Å². The summed E-state index contributed by atoms with van der Waals surface area (Å²) >= 11 is 12.0. The van der Waals surface area contributed by atoms with E-state index in [4.69, 9.17) is 27.9 Å². The fourth-order valence-electron chi connectivity index (χ4n) is 1.66. The van der Waals surface area contributed by atoms with Crippen LogP contribution in [0, 0.1) is 0 Å². The van der Waals surface area contributed by atoms with Crippen molar-refractivity contribution in [1.82, 2.24) is 9.97 Å². The van der Waals surface area contributed by atoms with Crippen LogP contribution in [0.2, 0.25) is 10.0 Å². The van der Waals surface area contributed by atoms with Gasteiger partial charge in [0, 0.05) is 35.8 Å². The van der Waals surface area contributed by atoms with Gasteiger partial charge in [0.1, 0.15) is 5.82 Å². The van der Waals surface area contributed by atoms with Crippen LogP contribution in [0.4, 0.5) is 5.82 Å². The van der Waals surface area contributed by atoms with Gasteiger partial charge < -0.3 is 10.1 Å². The zero-order chi connectivity index (χ0) is 13.8. The molecule has 0 radical (unpaired) electrons. The number of hydrogen-bond donors (Lipinski definition) is 1. The van der Waals surface area contributed by atoms with Gasteiger partial charge >= 0.3 is 0 Å². The highest BCUT2D eigenvalue weighted by molar-refractivity contribution is 6.35. The van der Waals surface area contributed by atoms with Crippen molar-refractivity contribution >= 4 is 29.0 Å². The molecule has 2 rings (SSSR count). The van der Waals surface area contributed by atoms with Crippen molar-refractivity contribution in [3.05, 3.63) is 40.0 Å². The van der Waals surface area contributed by atoms with E-state index in [1.54, 1.807) is 32.4 Å². The van der Waals surface area contributed by atoms with Crippen LogP contribution in [0.25, 0.3) is 11.4 Å². The lowest BCUT2D eigenvalue weighted by Gasteiger charge is -2.08. The van der Waals surface area contributed by atoms with Crippen LogP contribution in [-0.2, 0) is 11.3 Å². The molecule has 1 N–H and O–H groups in total. The van der Waals surface area contributed by atoms with Gasteiger partial charge in [-0.15, -0.1) is 0 Å². The van der Waals surface area contributed by atoms with Gasteiger partial charge in [0.2, 0.25) is 0 Å².